The first-order chi connectivity index (χ1) is 10.1. The number of nitrogens with one attached hydrogen (secondary N) is 1. The number of carbonyl (C=O) groups excluding carboxylic acids is 1. The van der Waals surface area contributed by atoms with E-state index in [1.807, 2.05) is 18.2 Å². The number of hydrogen-bond acceptors (Lipinski definition) is 4. The van der Waals surface area contributed by atoms with Gasteiger partial charge < -0.3 is 9.47 Å². The third kappa shape index (κ3) is 3.38. The molecule has 21 heavy (non-hydrogen) atoms. The van der Waals surface area contributed by atoms with Crippen LogP contribution < -0.4 is 10.1 Å². The molecule has 4 heteroatoms. The topological polar surface area (TPSA) is 47.6 Å². The SMILES string of the molecule is CCC(C)C(NC1c2ccccc2OCC1C)C(=O)OC. The van der Waals surface area contributed by atoms with Gasteiger partial charge >= 0.3 is 5.97 Å². The summed E-state index contributed by atoms with van der Waals surface area (Å²) in [5, 5.41) is 3.51. The average molecular weight is 291 g/mol. The Hall–Kier alpha value is -1.55. The Morgan fingerprint density at radius 1 is 1.48 bits per heavy atom. The van der Waals surface area contributed by atoms with Gasteiger partial charge in [0.25, 0.3) is 0 Å². The van der Waals surface area contributed by atoms with Crippen LogP contribution in [0.1, 0.15) is 38.8 Å². The van der Waals surface area contributed by atoms with Gasteiger partial charge in [0.15, 0.2) is 0 Å². The van der Waals surface area contributed by atoms with E-state index in [1.54, 1.807) is 0 Å². The fourth-order valence-electron chi connectivity index (χ4n) is 2.77. The summed E-state index contributed by atoms with van der Waals surface area (Å²) >= 11 is 0. The van der Waals surface area contributed by atoms with Gasteiger partial charge in [-0.05, 0) is 12.0 Å². The van der Waals surface area contributed by atoms with Crippen molar-refractivity contribution in [2.75, 3.05) is 13.7 Å². The largest absolute Gasteiger partial charge is 0.493 e. The van der Waals surface area contributed by atoms with Crippen molar-refractivity contribution in [3.05, 3.63) is 29.8 Å². The van der Waals surface area contributed by atoms with Crippen LogP contribution in [0.4, 0.5) is 0 Å². The molecule has 4 nitrogen and oxygen atoms in total. The zero-order valence-electron chi connectivity index (χ0n) is 13.3. The van der Waals surface area contributed by atoms with Gasteiger partial charge in [0.1, 0.15) is 11.8 Å². The molecular formula is C17H25NO3. The van der Waals surface area contributed by atoms with Gasteiger partial charge in [-0.1, -0.05) is 45.4 Å². The molecule has 1 aliphatic heterocycles. The van der Waals surface area contributed by atoms with E-state index in [9.17, 15) is 4.79 Å². The van der Waals surface area contributed by atoms with Crippen molar-refractivity contribution in [3.63, 3.8) is 0 Å². The summed E-state index contributed by atoms with van der Waals surface area (Å²) < 4.78 is 10.7. The van der Waals surface area contributed by atoms with Crippen LogP contribution in [0.5, 0.6) is 5.75 Å². The van der Waals surface area contributed by atoms with Gasteiger partial charge in [0.05, 0.1) is 13.7 Å². The molecule has 0 saturated heterocycles. The van der Waals surface area contributed by atoms with Gasteiger partial charge in [-0.25, -0.2) is 0 Å². The molecule has 1 N–H and O–H groups in total. The van der Waals surface area contributed by atoms with Crippen molar-refractivity contribution in [1.29, 1.82) is 0 Å². The summed E-state index contributed by atoms with van der Waals surface area (Å²) in [7, 11) is 1.45. The molecule has 1 aromatic carbocycles. The Balaban J connectivity index is 2.25. The minimum Gasteiger partial charge on any atom is -0.493 e. The second kappa shape index (κ2) is 6.94. The average Bonchev–Trinajstić information content (AvgIpc) is 2.52. The molecule has 0 aliphatic carbocycles. The smallest absolute Gasteiger partial charge is 0.323 e. The highest BCUT2D eigenvalue weighted by atomic mass is 16.5. The third-order valence-electron chi connectivity index (χ3n) is 4.35. The number of rotatable bonds is 5. The van der Waals surface area contributed by atoms with E-state index >= 15 is 0 Å². The molecule has 0 amide bonds. The van der Waals surface area contributed by atoms with E-state index in [1.165, 1.54) is 7.11 Å². The predicted molar refractivity (Wildman–Crippen MR) is 82.2 cm³/mol. The van der Waals surface area contributed by atoms with E-state index in [-0.39, 0.29) is 24.0 Å². The highest BCUT2D eigenvalue weighted by Gasteiger charge is 2.33. The summed E-state index contributed by atoms with van der Waals surface area (Å²) in [5.74, 6) is 1.23. The van der Waals surface area contributed by atoms with Crippen LogP contribution in [-0.2, 0) is 9.53 Å². The van der Waals surface area contributed by atoms with Gasteiger partial charge in [0.2, 0.25) is 0 Å². The summed E-state index contributed by atoms with van der Waals surface area (Å²) in [6.45, 7) is 6.95. The van der Waals surface area contributed by atoms with E-state index in [2.05, 4.69) is 32.2 Å². The van der Waals surface area contributed by atoms with Gasteiger partial charge in [0, 0.05) is 17.5 Å². The van der Waals surface area contributed by atoms with Gasteiger partial charge in [-0.2, -0.15) is 0 Å². The molecule has 1 aliphatic rings. The maximum atomic E-state index is 12.1. The van der Waals surface area contributed by atoms with Crippen LogP contribution in [0.2, 0.25) is 0 Å². The Morgan fingerprint density at radius 2 is 2.19 bits per heavy atom. The highest BCUT2D eigenvalue weighted by molar-refractivity contribution is 5.76. The maximum absolute atomic E-state index is 12.1. The quantitative estimate of drug-likeness (QED) is 0.847. The standard InChI is InChI=1S/C17H25NO3/c1-5-11(2)16(17(19)20-4)18-15-12(3)10-21-14-9-7-6-8-13(14)15/h6-9,11-12,15-16,18H,5,10H2,1-4H3. The molecule has 0 fully saturated rings. The van der Waals surface area contributed by atoms with Crippen LogP contribution in [0.15, 0.2) is 24.3 Å². The zero-order valence-corrected chi connectivity index (χ0v) is 13.3. The number of hydrogen-bond donors (Lipinski definition) is 1. The van der Waals surface area contributed by atoms with Crippen molar-refractivity contribution >= 4 is 5.97 Å². The lowest BCUT2D eigenvalue weighted by atomic mass is 9.89. The predicted octanol–water partition coefficient (Wildman–Crippen LogP) is 2.93. The molecule has 0 spiro atoms. The molecule has 0 radical (unpaired) electrons. The van der Waals surface area contributed by atoms with E-state index in [0.29, 0.717) is 12.5 Å². The molecule has 1 aromatic rings. The molecule has 0 bridgehead atoms. The fourth-order valence-corrected chi connectivity index (χ4v) is 2.77. The first-order valence-corrected chi connectivity index (χ1v) is 7.64. The van der Waals surface area contributed by atoms with Crippen LogP contribution in [0.3, 0.4) is 0 Å². The number of ether oxygens (including phenoxy) is 2. The van der Waals surface area contributed by atoms with Crippen molar-refractivity contribution < 1.29 is 14.3 Å². The summed E-state index contributed by atoms with van der Waals surface area (Å²) in [5.41, 5.74) is 1.12. The van der Waals surface area contributed by atoms with E-state index < -0.39 is 0 Å². The fraction of sp³-hybridized carbons (Fsp3) is 0.588. The van der Waals surface area contributed by atoms with Crippen LogP contribution in [-0.4, -0.2) is 25.7 Å². The summed E-state index contributed by atoms with van der Waals surface area (Å²) in [4.78, 5) is 12.1. The monoisotopic (exact) mass is 291 g/mol. The number of para-hydroxylation sites is 1. The minimum absolute atomic E-state index is 0.105. The minimum atomic E-state index is -0.293. The Morgan fingerprint density at radius 3 is 2.86 bits per heavy atom. The van der Waals surface area contributed by atoms with Gasteiger partial charge in [-0.15, -0.1) is 0 Å². The van der Waals surface area contributed by atoms with Crippen LogP contribution in [0, 0.1) is 11.8 Å². The molecule has 116 valence electrons. The lowest BCUT2D eigenvalue weighted by Gasteiger charge is -2.35. The lowest BCUT2D eigenvalue weighted by Crippen LogP contribution is -2.47. The second-order valence-corrected chi connectivity index (χ2v) is 5.86. The maximum Gasteiger partial charge on any atom is 0.323 e. The van der Waals surface area contributed by atoms with Crippen molar-refractivity contribution in [1.82, 2.24) is 5.32 Å². The zero-order chi connectivity index (χ0) is 15.4. The normalized spacial score (nSPS) is 23.6. The Kier molecular flexibility index (Phi) is 5.23. The van der Waals surface area contributed by atoms with E-state index in [4.69, 9.17) is 9.47 Å². The third-order valence-corrected chi connectivity index (χ3v) is 4.35. The first kappa shape index (κ1) is 15.8. The van der Waals surface area contributed by atoms with Gasteiger partial charge in [-0.3, -0.25) is 10.1 Å². The molecular weight excluding hydrogens is 266 g/mol. The second-order valence-electron chi connectivity index (χ2n) is 5.86. The Labute approximate surface area is 126 Å². The molecule has 0 aromatic heterocycles. The van der Waals surface area contributed by atoms with E-state index in [0.717, 1.165) is 17.7 Å². The van der Waals surface area contributed by atoms with Crippen LogP contribution >= 0.6 is 0 Å². The first-order valence-electron chi connectivity index (χ1n) is 7.64. The number of esters is 1. The molecule has 4 atom stereocenters. The molecule has 1 heterocycles. The van der Waals surface area contributed by atoms with Crippen molar-refractivity contribution in [2.24, 2.45) is 11.8 Å². The number of benzene rings is 1. The number of carbonyl (C=O) groups is 1. The van der Waals surface area contributed by atoms with Crippen molar-refractivity contribution in [3.8, 4) is 5.75 Å². The number of fused-ring (bicyclic) bond motifs is 1. The Bertz CT molecular complexity index is 489. The molecule has 4 unspecified atom stereocenters. The molecule has 0 saturated carbocycles. The summed E-state index contributed by atoms with van der Waals surface area (Å²) in [6.07, 6.45) is 0.923. The number of methoxy groups -OCH3 is 1. The van der Waals surface area contributed by atoms with Crippen LogP contribution in [0.25, 0.3) is 0 Å². The summed E-state index contributed by atoms with van der Waals surface area (Å²) in [6, 6.07) is 7.83. The van der Waals surface area contributed by atoms with Crippen molar-refractivity contribution in [2.45, 2.75) is 39.3 Å². The molecule has 2 rings (SSSR count). The lowest BCUT2D eigenvalue weighted by molar-refractivity contribution is -0.145. The highest BCUT2D eigenvalue weighted by Crippen LogP contribution is 2.35.